The fraction of sp³-hybridized carbons (Fsp3) is 1.00. The van der Waals surface area contributed by atoms with Crippen molar-refractivity contribution in [2.75, 3.05) is 0 Å². The Bertz CT molecular complexity index is 208. The lowest BCUT2D eigenvalue weighted by Gasteiger charge is -2.32. The summed E-state index contributed by atoms with van der Waals surface area (Å²) in [6.07, 6.45) is 1.04. The molecule has 0 aromatic rings. The monoisotopic (exact) mass is 170 g/mol. The molecule has 0 spiro atoms. The van der Waals surface area contributed by atoms with E-state index in [1.54, 1.807) is 6.92 Å². The number of hydrogen-bond acceptors (Lipinski definition) is 2. The van der Waals surface area contributed by atoms with E-state index in [0.29, 0.717) is 17.3 Å². The Balaban J connectivity index is 2.14. The molecule has 2 aliphatic rings. The Hall–Kier alpha value is -0.0800. The number of aliphatic hydroxyl groups excluding tert-OH is 1. The van der Waals surface area contributed by atoms with Gasteiger partial charge in [-0.15, -0.1) is 0 Å². The van der Waals surface area contributed by atoms with E-state index in [4.69, 9.17) is 0 Å². The zero-order chi connectivity index (χ0) is 9.15. The van der Waals surface area contributed by atoms with Gasteiger partial charge in [0, 0.05) is 0 Å². The molecule has 70 valence electrons. The van der Waals surface area contributed by atoms with Crippen LogP contribution in [0.1, 0.15) is 33.6 Å². The molecule has 0 saturated heterocycles. The standard InChI is InChI=1S/C10H18O2/c1-9(2)6-4-8(11)10(3,12)5-7(6)9/h6-8,11-12H,4-5H2,1-3H3/t6-,7+,8-,10-/m1/s1. The van der Waals surface area contributed by atoms with Gasteiger partial charge in [0.2, 0.25) is 0 Å². The van der Waals surface area contributed by atoms with Crippen LogP contribution >= 0.6 is 0 Å². The summed E-state index contributed by atoms with van der Waals surface area (Å²) in [6, 6.07) is 0. The predicted octanol–water partition coefficient (Wildman–Crippen LogP) is 1.16. The van der Waals surface area contributed by atoms with Crippen molar-refractivity contribution in [3.63, 3.8) is 0 Å². The van der Waals surface area contributed by atoms with Gasteiger partial charge in [0.05, 0.1) is 11.7 Å². The Morgan fingerprint density at radius 2 is 1.75 bits per heavy atom. The van der Waals surface area contributed by atoms with Crippen molar-refractivity contribution in [1.29, 1.82) is 0 Å². The van der Waals surface area contributed by atoms with Gasteiger partial charge in [-0.1, -0.05) is 13.8 Å². The first kappa shape index (κ1) is 8.52. The minimum atomic E-state index is -0.838. The van der Waals surface area contributed by atoms with Gasteiger partial charge in [-0.05, 0) is 37.0 Å². The van der Waals surface area contributed by atoms with Crippen LogP contribution in [-0.4, -0.2) is 21.9 Å². The minimum absolute atomic E-state index is 0.363. The molecule has 2 rings (SSSR count). The average Bonchev–Trinajstić information content (AvgIpc) is 2.37. The Morgan fingerprint density at radius 3 is 2.25 bits per heavy atom. The summed E-state index contributed by atoms with van der Waals surface area (Å²) in [6.45, 7) is 6.22. The third kappa shape index (κ3) is 0.944. The average molecular weight is 170 g/mol. The van der Waals surface area contributed by atoms with Crippen LogP contribution in [0.25, 0.3) is 0 Å². The largest absolute Gasteiger partial charge is 0.390 e. The summed E-state index contributed by atoms with van der Waals surface area (Å²) in [5.74, 6) is 1.28. The smallest absolute Gasteiger partial charge is 0.0880 e. The lowest BCUT2D eigenvalue weighted by Crippen LogP contribution is -2.42. The maximum Gasteiger partial charge on any atom is 0.0880 e. The van der Waals surface area contributed by atoms with Crippen molar-refractivity contribution >= 4 is 0 Å². The van der Waals surface area contributed by atoms with Gasteiger partial charge in [-0.2, -0.15) is 0 Å². The molecule has 0 aromatic carbocycles. The predicted molar refractivity (Wildman–Crippen MR) is 46.6 cm³/mol. The quantitative estimate of drug-likeness (QED) is 0.573. The van der Waals surface area contributed by atoms with Crippen LogP contribution in [0.4, 0.5) is 0 Å². The zero-order valence-corrected chi connectivity index (χ0v) is 8.04. The maximum atomic E-state index is 9.82. The molecule has 0 radical (unpaired) electrons. The molecule has 2 fully saturated rings. The van der Waals surface area contributed by atoms with E-state index in [1.165, 1.54) is 0 Å². The highest BCUT2D eigenvalue weighted by molar-refractivity contribution is 5.12. The molecule has 0 bridgehead atoms. The molecule has 0 aliphatic heterocycles. The lowest BCUT2D eigenvalue weighted by atomic mass is 9.84. The molecule has 0 amide bonds. The van der Waals surface area contributed by atoms with Crippen LogP contribution in [0.2, 0.25) is 0 Å². The first-order valence-corrected chi connectivity index (χ1v) is 4.76. The molecule has 2 nitrogen and oxygen atoms in total. The SMILES string of the molecule is CC1(C)[C@@H]2C[C@@H](O)[C@](C)(O)C[C@@H]21. The molecule has 0 unspecified atom stereocenters. The fourth-order valence-electron chi connectivity index (χ4n) is 2.81. The van der Waals surface area contributed by atoms with Crippen molar-refractivity contribution < 1.29 is 10.2 Å². The van der Waals surface area contributed by atoms with E-state index in [9.17, 15) is 10.2 Å². The highest BCUT2D eigenvalue weighted by Crippen LogP contribution is 2.66. The molecule has 0 heterocycles. The van der Waals surface area contributed by atoms with Crippen LogP contribution < -0.4 is 0 Å². The molecular weight excluding hydrogens is 152 g/mol. The number of hydrogen-bond donors (Lipinski definition) is 2. The molecule has 2 aliphatic carbocycles. The molecule has 0 aromatic heterocycles. The Labute approximate surface area is 73.6 Å². The van der Waals surface area contributed by atoms with E-state index in [1.807, 2.05) is 0 Å². The number of aliphatic hydroxyl groups is 2. The van der Waals surface area contributed by atoms with E-state index < -0.39 is 11.7 Å². The van der Waals surface area contributed by atoms with Gasteiger partial charge >= 0.3 is 0 Å². The fourth-order valence-corrected chi connectivity index (χ4v) is 2.81. The van der Waals surface area contributed by atoms with Gasteiger partial charge in [0.15, 0.2) is 0 Å². The van der Waals surface area contributed by atoms with Crippen LogP contribution in [-0.2, 0) is 0 Å². The van der Waals surface area contributed by atoms with Crippen LogP contribution in [0.5, 0.6) is 0 Å². The van der Waals surface area contributed by atoms with Gasteiger partial charge in [0.25, 0.3) is 0 Å². The summed E-state index contributed by atoms with van der Waals surface area (Å²) >= 11 is 0. The topological polar surface area (TPSA) is 40.5 Å². The first-order valence-electron chi connectivity index (χ1n) is 4.76. The summed E-state index contributed by atoms with van der Waals surface area (Å²) in [7, 11) is 0. The lowest BCUT2D eigenvalue weighted by molar-refractivity contribution is -0.0892. The molecule has 4 atom stereocenters. The summed E-state index contributed by atoms with van der Waals surface area (Å²) < 4.78 is 0. The van der Waals surface area contributed by atoms with Crippen molar-refractivity contribution in [3.8, 4) is 0 Å². The molecular formula is C10H18O2. The van der Waals surface area contributed by atoms with E-state index in [0.717, 1.165) is 12.8 Å². The molecule has 12 heavy (non-hydrogen) atoms. The third-order valence-corrected chi connectivity index (χ3v) is 4.12. The highest BCUT2D eigenvalue weighted by atomic mass is 16.3. The normalized spacial score (nSPS) is 56.2. The van der Waals surface area contributed by atoms with Crippen molar-refractivity contribution in [2.45, 2.75) is 45.3 Å². The molecule has 2 N–H and O–H groups in total. The summed E-state index contributed by atoms with van der Waals surface area (Å²) in [4.78, 5) is 0. The number of fused-ring (bicyclic) bond motifs is 1. The van der Waals surface area contributed by atoms with Gasteiger partial charge in [-0.3, -0.25) is 0 Å². The van der Waals surface area contributed by atoms with E-state index in [2.05, 4.69) is 13.8 Å². The second-order valence-corrected chi connectivity index (χ2v) is 5.35. The zero-order valence-electron chi connectivity index (χ0n) is 8.04. The van der Waals surface area contributed by atoms with Crippen LogP contribution in [0.3, 0.4) is 0 Å². The van der Waals surface area contributed by atoms with Crippen molar-refractivity contribution in [1.82, 2.24) is 0 Å². The molecule has 2 heteroatoms. The second kappa shape index (κ2) is 2.05. The van der Waals surface area contributed by atoms with E-state index >= 15 is 0 Å². The van der Waals surface area contributed by atoms with Crippen molar-refractivity contribution in [3.05, 3.63) is 0 Å². The van der Waals surface area contributed by atoms with Gasteiger partial charge in [0.1, 0.15) is 0 Å². The maximum absolute atomic E-state index is 9.82. The highest BCUT2D eigenvalue weighted by Gasteiger charge is 2.63. The van der Waals surface area contributed by atoms with Crippen LogP contribution in [0, 0.1) is 17.3 Å². The second-order valence-electron chi connectivity index (χ2n) is 5.35. The Morgan fingerprint density at radius 1 is 1.17 bits per heavy atom. The first-order chi connectivity index (χ1) is 5.36. The third-order valence-electron chi connectivity index (χ3n) is 4.12. The Kier molecular flexibility index (Phi) is 1.45. The minimum Gasteiger partial charge on any atom is -0.390 e. The van der Waals surface area contributed by atoms with E-state index in [-0.39, 0.29) is 0 Å². The molecule has 2 saturated carbocycles. The number of rotatable bonds is 0. The summed E-state index contributed by atoms with van der Waals surface area (Å²) in [5.41, 5.74) is -0.476. The van der Waals surface area contributed by atoms with Gasteiger partial charge < -0.3 is 10.2 Å². The van der Waals surface area contributed by atoms with Gasteiger partial charge in [-0.25, -0.2) is 0 Å². The van der Waals surface area contributed by atoms with Crippen molar-refractivity contribution in [2.24, 2.45) is 17.3 Å². The van der Waals surface area contributed by atoms with Crippen LogP contribution in [0.15, 0.2) is 0 Å². The summed E-state index contributed by atoms with van der Waals surface area (Å²) in [5, 5.41) is 19.4.